The van der Waals surface area contributed by atoms with Crippen LogP contribution in [-0.2, 0) is 11.3 Å². The van der Waals surface area contributed by atoms with Gasteiger partial charge in [0.05, 0.1) is 9.95 Å². The number of carboxylic acid groups (broad SMARTS) is 1. The van der Waals surface area contributed by atoms with Crippen LogP contribution in [0.3, 0.4) is 0 Å². The van der Waals surface area contributed by atoms with Crippen molar-refractivity contribution in [2.45, 2.75) is 19.4 Å². The van der Waals surface area contributed by atoms with Gasteiger partial charge in [-0.3, -0.25) is 14.9 Å². The summed E-state index contributed by atoms with van der Waals surface area (Å²) in [6, 6.07) is 4.35. The van der Waals surface area contributed by atoms with Gasteiger partial charge in [-0.15, -0.1) is 0 Å². The SMILES string of the molecule is CN(CCCC(=O)O)Cc1ccc([N+](=O)[O-])cc1Cl. The fraction of sp³-hybridized carbons (Fsp3) is 0.417. The first kappa shape index (κ1) is 15.4. The lowest BCUT2D eigenvalue weighted by molar-refractivity contribution is -0.384. The Labute approximate surface area is 115 Å². The van der Waals surface area contributed by atoms with Crippen LogP contribution in [0.15, 0.2) is 18.2 Å². The zero-order valence-corrected chi connectivity index (χ0v) is 11.3. The maximum absolute atomic E-state index is 10.6. The molecule has 0 saturated heterocycles. The molecular weight excluding hydrogens is 272 g/mol. The van der Waals surface area contributed by atoms with E-state index < -0.39 is 10.9 Å². The highest BCUT2D eigenvalue weighted by atomic mass is 35.5. The smallest absolute Gasteiger partial charge is 0.303 e. The summed E-state index contributed by atoms with van der Waals surface area (Å²) in [6.07, 6.45) is 0.675. The topological polar surface area (TPSA) is 83.7 Å². The van der Waals surface area contributed by atoms with Gasteiger partial charge in [0, 0.05) is 25.1 Å². The van der Waals surface area contributed by atoms with Crippen molar-refractivity contribution in [1.29, 1.82) is 0 Å². The highest BCUT2D eigenvalue weighted by Crippen LogP contribution is 2.23. The van der Waals surface area contributed by atoms with Crippen LogP contribution in [0.1, 0.15) is 18.4 Å². The molecule has 19 heavy (non-hydrogen) atoms. The van der Waals surface area contributed by atoms with Gasteiger partial charge in [-0.05, 0) is 31.6 Å². The van der Waals surface area contributed by atoms with Crippen molar-refractivity contribution in [2.75, 3.05) is 13.6 Å². The van der Waals surface area contributed by atoms with E-state index in [0.29, 0.717) is 24.5 Å². The number of non-ortho nitro benzene ring substituents is 1. The number of benzene rings is 1. The maximum atomic E-state index is 10.6. The van der Waals surface area contributed by atoms with Gasteiger partial charge in [0.15, 0.2) is 0 Å². The number of hydrogen-bond donors (Lipinski definition) is 1. The Balaban J connectivity index is 2.57. The zero-order valence-electron chi connectivity index (χ0n) is 10.5. The third kappa shape index (κ3) is 5.23. The number of carboxylic acids is 1. The Morgan fingerprint density at radius 3 is 2.74 bits per heavy atom. The van der Waals surface area contributed by atoms with Crippen LogP contribution in [0.4, 0.5) is 5.69 Å². The van der Waals surface area contributed by atoms with E-state index in [1.165, 1.54) is 12.1 Å². The summed E-state index contributed by atoms with van der Waals surface area (Å²) < 4.78 is 0. The van der Waals surface area contributed by atoms with Gasteiger partial charge >= 0.3 is 5.97 Å². The van der Waals surface area contributed by atoms with Crippen molar-refractivity contribution in [2.24, 2.45) is 0 Å². The molecule has 1 rings (SSSR count). The van der Waals surface area contributed by atoms with Crippen LogP contribution in [0, 0.1) is 10.1 Å². The monoisotopic (exact) mass is 286 g/mol. The fourth-order valence-corrected chi connectivity index (χ4v) is 1.88. The normalized spacial score (nSPS) is 10.7. The molecule has 0 saturated carbocycles. The number of nitro groups is 1. The minimum Gasteiger partial charge on any atom is -0.481 e. The summed E-state index contributed by atoms with van der Waals surface area (Å²) in [7, 11) is 1.85. The van der Waals surface area contributed by atoms with Gasteiger partial charge in [-0.1, -0.05) is 11.6 Å². The summed E-state index contributed by atoms with van der Waals surface area (Å²) in [5, 5.41) is 19.5. The van der Waals surface area contributed by atoms with Crippen LogP contribution < -0.4 is 0 Å². The van der Waals surface area contributed by atoms with E-state index in [9.17, 15) is 14.9 Å². The molecule has 0 aliphatic carbocycles. The third-order valence-corrected chi connectivity index (χ3v) is 2.97. The molecule has 0 amide bonds. The average molecular weight is 287 g/mol. The first-order chi connectivity index (χ1) is 8.90. The minimum atomic E-state index is -0.818. The second kappa shape index (κ2) is 7.06. The summed E-state index contributed by atoms with van der Waals surface area (Å²) in [4.78, 5) is 22.4. The van der Waals surface area contributed by atoms with Gasteiger partial charge in [-0.2, -0.15) is 0 Å². The van der Waals surface area contributed by atoms with E-state index in [-0.39, 0.29) is 12.1 Å². The molecule has 0 radical (unpaired) electrons. The van der Waals surface area contributed by atoms with Gasteiger partial charge in [0.2, 0.25) is 0 Å². The van der Waals surface area contributed by atoms with Crippen LogP contribution in [0.2, 0.25) is 5.02 Å². The molecule has 6 nitrogen and oxygen atoms in total. The van der Waals surface area contributed by atoms with E-state index in [1.807, 2.05) is 11.9 Å². The Morgan fingerprint density at radius 1 is 1.53 bits per heavy atom. The number of nitrogens with zero attached hydrogens (tertiary/aromatic N) is 2. The molecule has 7 heteroatoms. The number of nitro benzene ring substituents is 1. The van der Waals surface area contributed by atoms with E-state index in [1.54, 1.807) is 6.07 Å². The number of rotatable bonds is 7. The molecule has 0 aromatic heterocycles. The first-order valence-corrected chi connectivity index (χ1v) is 6.11. The van der Waals surface area contributed by atoms with Gasteiger partial charge in [-0.25, -0.2) is 0 Å². The summed E-state index contributed by atoms with van der Waals surface area (Å²) in [6.45, 7) is 1.15. The van der Waals surface area contributed by atoms with Crippen LogP contribution in [0.25, 0.3) is 0 Å². The van der Waals surface area contributed by atoms with Crippen molar-refractivity contribution in [3.8, 4) is 0 Å². The molecular formula is C12H15ClN2O4. The van der Waals surface area contributed by atoms with E-state index >= 15 is 0 Å². The van der Waals surface area contributed by atoms with Gasteiger partial charge < -0.3 is 10.0 Å². The minimum absolute atomic E-state index is 0.0396. The van der Waals surface area contributed by atoms with Crippen LogP contribution in [-0.4, -0.2) is 34.5 Å². The molecule has 0 fully saturated rings. The Hall–Kier alpha value is -1.66. The number of carbonyl (C=O) groups is 1. The van der Waals surface area contributed by atoms with Crippen LogP contribution >= 0.6 is 11.6 Å². The predicted molar refractivity (Wildman–Crippen MR) is 71.3 cm³/mol. The van der Waals surface area contributed by atoms with E-state index in [4.69, 9.17) is 16.7 Å². The molecule has 1 aromatic rings. The molecule has 0 bridgehead atoms. The quantitative estimate of drug-likeness (QED) is 0.615. The molecule has 0 heterocycles. The number of hydrogen-bond acceptors (Lipinski definition) is 4. The fourth-order valence-electron chi connectivity index (χ4n) is 1.65. The second-order valence-corrected chi connectivity index (χ2v) is 4.68. The van der Waals surface area contributed by atoms with Gasteiger partial charge in [0.1, 0.15) is 0 Å². The number of halogens is 1. The van der Waals surface area contributed by atoms with E-state index in [0.717, 1.165) is 5.56 Å². The Bertz CT molecular complexity index is 479. The van der Waals surface area contributed by atoms with Crippen molar-refractivity contribution < 1.29 is 14.8 Å². The van der Waals surface area contributed by atoms with Gasteiger partial charge in [0.25, 0.3) is 5.69 Å². The van der Waals surface area contributed by atoms with Crippen LogP contribution in [0.5, 0.6) is 0 Å². The predicted octanol–water partition coefficient (Wildman–Crippen LogP) is 2.54. The maximum Gasteiger partial charge on any atom is 0.303 e. The number of aliphatic carboxylic acids is 1. The lowest BCUT2D eigenvalue weighted by atomic mass is 10.2. The average Bonchev–Trinajstić information content (AvgIpc) is 2.31. The summed E-state index contributed by atoms with van der Waals surface area (Å²) in [5.74, 6) is -0.818. The largest absolute Gasteiger partial charge is 0.481 e. The molecule has 1 aromatic carbocycles. The first-order valence-electron chi connectivity index (χ1n) is 5.73. The molecule has 0 atom stereocenters. The highest BCUT2D eigenvalue weighted by Gasteiger charge is 2.11. The van der Waals surface area contributed by atoms with E-state index in [2.05, 4.69) is 0 Å². The lowest BCUT2D eigenvalue weighted by Gasteiger charge is -2.16. The van der Waals surface area contributed by atoms with Crippen molar-refractivity contribution in [3.63, 3.8) is 0 Å². The summed E-state index contributed by atoms with van der Waals surface area (Å²) in [5.41, 5.74) is 0.743. The molecule has 0 unspecified atom stereocenters. The molecule has 0 aliphatic rings. The zero-order chi connectivity index (χ0) is 14.4. The molecule has 104 valence electrons. The summed E-state index contributed by atoms with van der Waals surface area (Å²) >= 11 is 5.98. The highest BCUT2D eigenvalue weighted by molar-refractivity contribution is 6.31. The second-order valence-electron chi connectivity index (χ2n) is 4.27. The lowest BCUT2D eigenvalue weighted by Crippen LogP contribution is -2.20. The molecule has 0 spiro atoms. The Morgan fingerprint density at radius 2 is 2.21 bits per heavy atom. The standard InChI is InChI=1S/C12H15ClN2O4/c1-14(6-2-3-12(16)17)8-9-4-5-10(15(18)19)7-11(9)13/h4-5,7H,2-3,6,8H2,1H3,(H,16,17). The Kier molecular flexibility index (Phi) is 5.72. The van der Waals surface area contributed by atoms with Crippen molar-refractivity contribution in [1.82, 2.24) is 4.90 Å². The van der Waals surface area contributed by atoms with Crippen molar-refractivity contribution >= 4 is 23.3 Å². The molecule has 1 N–H and O–H groups in total. The van der Waals surface area contributed by atoms with Crippen molar-refractivity contribution in [3.05, 3.63) is 38.9 Å². The third-order valence-electron chi connectivity index (χ3n) is 2.62. The molecule has 0 aliphatic heterocycles.